The van der Waals surface area contributed by atoms with Crippen LogP contribution in [0.2, 0.25) is 0 Å². The summed E-state index contributed by atoms with van der Waals surface area (Å²) in [7, 11) is -3.94. The molecule has 0 radical (unpaired) electrons. The topological polar surface area (TPSA) is 74.7 Å². The minimum atomic E-state index is -3.94. The van der Waals surface area contributed by atoms with Crippen LogP contribution >= 0.6 is 11.8 Å². The van der Waals surface area contributed by atoms with E-state index in [1.807, 2.05) is 42.5 Å². The highest BCUT2D eigenvalue weighted by molar-refractivity contribution is 7.99. The first-order valence-electron chi connectivity index (χ1n) is 9.04. The Morgan fingerprint density at radius 3 is 2.20 bits per heavy atom. The summed E-state index contributed by atoms with van der Waals surface area (Å²) < 4.78 is 39.1. The Labute approximate surface area is 179 Å². The molecule has 3 aromatic rings. The van der Waals surface area contributed by atoms with Crippen molar-refractivity contribution in [1.29, 1.82) is 0 Å². The molecule has 0 fully saturated rings. The smallest absolute Gasteiger partial charge is 0.327 e. The maximum absolute atomic E-state index is 13.3. The fourth-order valence-corrected chi connectivity index (χ4v) is 5.16. The van der Waals surface area contributed by atoms with E-state index in [0.29, 0.717) is 5.56 Å². The molecule has 0 aromatic heterocycles. The fourth-order valence-electron chi connectivity index (χ4n) is 3.06. The summed E-state index contributed by atoms with van der Waals surface area (Å²) in [5.74, 6) is -1.83. The summed E-state index contributed by atoms with van der Waals surface area (Å²) in [4.78, 5) is 13.9. The van der Waals surface area contributed by atoms with Crippen LogP contribution < -0.4 is 4.31 Å². The van der Waals surface area contributed by atoms with Gasteiger partial charge >= 0.3 is 5.97 Å². The quantitative estimate of drug-likeness (QED) is 0.555. The van der Waals surface area contributed by atoms with E-state index >= 15 is 0 Å². The maximum atomic E-state index is 13.3. The number of carbonyl (C=O) groups is 1. The van der Waals surface area contributed by atoms with Crippen LogP contribution in [0.1, 0.15) is 5.56 Å². The Hall–Kier alpha value is -2.84. The van der Waals surface area contributed by atoms with Crippen molar-refractivity contribution in [3.8, 4) is 0 Å². The van der Waals surface area contributed by atoms with Crippen molar-refractivity contribution >= 4 is 33.4 Å². The predicted octanol–water partition coefficient (Wildman–Crippen LogP) is 4.44. The van der Waals surface area contributed by atoms with E-state index < -0.39 is 27.9 Å². The third kappa shape index (κ3) is 5.40. The standard InChI is InChI=1S/C22H20FNO4S2/c1-30(27,28)24(18-13-11-17(23)12-14-18)20(22(25)26)15-16-7-5-6-10-21(16)29-19-8-3-2-4-9-19/h2-14,20H,15H2,1H3,(H,25,26). The zero-order chi connectivity index (χ0) is 21.7. The summed E-state index contributed by atoms with van der Waals surface area (Å²) in [6.45, 7) is 0. The van der Waals surface area contributed by atoms with E-state index in [4.69, 9.17) is 0 Å². The number of carboxylic acid groups (broad SMARTS) is 1. The van der Waals surface area contributed by atoms with Gasteiger partial charge in [0.05, 0.1) is 11.9 Å². The molecule has 0 aliphatic rings. The van der Waals surface area contributed by atoms with E-state index in [-0.39, 0.29) is 12.1 Å². The van der Waals surface area contributed by atoms with Crippen LogP contribution in [0.25, 0.3) is 0 Å². The van der Waals surface area contributed by atoms with Crippen LogP contribution in [-0.4, -0.2) is 31.8 Å². The second-order valence-electron chi connectivity index (χ2n) is 6.62. The Morgan fingerprint density at radius 1 is 1.00 bits per heavy atom. The third-order valence-electron chi connectivity index (χ3n) is 4.36. The van der Waals surface area contributed by atoms with E-state index in [1.165, 1.54) is 23.9 Å². The number of sulfonamides is 1. The van der Waals surface area contributed by atoms with Gasteiger partial charge in [-0.1, -0.05) is 48.2 Å². The van der Waals surface area contributed by atoms with Crippen molar-refractivity contribution in [3.05, 3.63) is 90.2 Å². The minimum absolute atomic E-state index is 0.0458. The van der Waals surface area contributed by atoms with Gasteiger partial charge in [-0.25, -0.2) is 17.6 Å². The van der Waals surface area contributed by atoms with Crippen LogP contribution in [-0.2, 0) is 21.2 Å². The van der Waals surface area contributed by atoms with Crippen molar-refractivity contribution in [3.63, 3.8) is 0 Å². The van der Waals surface area contributed by atoms with Gasteiger partial charge < -0.3 is 5.11 Å². The molecule has 0 aliphatic heterocycles. The zero-order valence-corrected chi connectivity index (χ0v) is 17.7. The summed E-state index contributed by atoms with van der Waals surface area (Å²) in [6.07, 6.45) is 0.896. The van der Waals surface area contributed by atoms with Crippen molar-refractivity contribution in [2.24, 2.45) is 0 Å². The van der Waals surface area contributed by atoms with Gasteiger partial charge in [-0.15, -0.1) is 0 Å². The van der Waals surface area contributed by atoms with Gasteiger partial charge in [0, 0.05) is 16.2 Å². The maximum Gasteiger partial charge on any atom is 0.327 e. The number of hydrogen-bond donors (Lipinski definition) is 1. The number of anilines is 1. The molecule has 0 heterocycles. The zero-order valence-electron chi connectivity index (χ0n) is 16.1. The number of nitrogens with zero attached hydrogens (tertiary/aromatic N) is 1. The molecule has 1 N–H and O–H groups in total. The Balaban J connectivity index is 1.99. The summed E-state index contributed by atoms with van der Waals surface area (Å²) in [6, 6.07) is 20.2. The van der Waals surface area contributed by atoms with Gasteiger partial charge in [0.1, 0.15) is 11.9 Å². The Morgan fingerprint density at radius 2 is 1.60 bits per heavy atom. The molecule has 0 aliphatic carbocycles. The second-order valence-corrected chi connectivity index (χ2v) is 9.59. The number of benzene rings is 3. The van der Waals surface area contributed by atoms with E-state index in [2.05, 4.69) is 0 Å². The molecular formula is C22H20FNO4S2. The number of hydrogen-bond acceptors (Lipinski definition) is 4. The first-order valence-corrected chi connectivity index (χ1v) is 11.7. The SMILES string of the molecule is CS(=O)(=O)N(c1ccc(F)cc1)C(Cc1ccccc1Sc1ccccc1)C(=O)O. The fraction of sp³-hybridized carbons (Fsp3) is 0.136. The monoisotopic (exact) mass is 445 g/mol. The summed E-state index contributed by atoms with van der Waals surface area (Å²) in [5, 5.41) is 9.88. The molecule has 8 heteroatoms. The van der Waals surface area contributed by atoms with Crippen molar-refractivity contribution in [2.45, 2.75) is 22.3 Å². The van der Waals surface area contributed by atoms with E-state index in [1.54, 1.807) is 12.1 Å². The van der Waals surface area contributed by atoms with Gasteiger partial charge in [0.15, 0.2) is 0 Å². The average molecular weight is 446 g/mol. The molecule has 3 rings (SSSR count). The Kier molecular flexibility index (Phi) is 6.79. The number of carboxylic acids is 1. The van der Waals surface area contributed by atoms with E-state index in [0.717, 1.165) is 32.5 Å². The molecule has 0 saturated heterocycles. The largest absolute Gasteiger partial charge is 0.480 e. The van der Waals surface area contributed by atoms with Gasteiger partial charge in [-0.2, -0.15) is 0 Å². The molecule has 30 heavy (non-hydrogen) atoms. The number of halogens is 1. The van der Waals surface area contributed by atoms with E-state index in [9.17, 15) is 22.7 Å². The molecule has 3 aromatic carbocycles. The van der Waals surface area contributed by atoms with Crippen LogP contribution in [0, 0.1) is 5.82 Å². The predicted molar refractivity (Wildman–Crippen MR) is 116 cm³/mol. The molecule has 1 unspecified atom stereocenters. The average Bonchev–Trinajstić information content (AvgIpc) is 2.70. The van der Waals surface area contributed by atoms with Crippen LogP contribution in [0.4, 0.5) is 10.1 Å². The molecule has 0 spiro atoms. The molecule has 156 valence electrons. The molecular weight excluding hydrogens is 425 g/mol. The van der Waals surface area contributed by atoms with Crippen molar-refractivity contribution < 1.29 is 22.7 Å². The molecule has 0 amide bonds. The number of rotatable bonds is 8. The highest BCUT2D eigenvalue weighted by Gasteiger charge is 2.33. The minimum Gasteiger partial charge on any atom is -0.480 e. The molecule has 1 atom stereocenters. The van der Waals surface area contributed by atoms with Crippen molar-refractivity contribution in [2.75, 3.05) is 10.6 Å². The first-order chi connectivity index (χ1) is 14.3. The first kappa shape index (κ1) is 21.9. The highest BCUT2D eigenvalue weighted by Crippen LogP contribution is 2.32. The second kappa shape index (κ2) is 9.32. The van der Waals surface area contributed by atoms with Crippen molar-refractivity contribution in [1.82, 2.24) is 0 Å². The van der Waals surface area contributed by atoms with Gasteiger partial charge in [-0.05, 0) is 48.0 Å². The highest BCUT2D eigenvalue weighted by atomic mass is 32.2. The van der Waals surface area contributed by atoms with Gasteiger partial charge in [0.25, 0.3) is 0 Å². The van der Waals surface area contributed by atoms with Crippen LogP contribution in [0.5, 0.6) is 0 Å². The van der Waals surface area contributed by atoms with Crippen LogP contribution in [0.3, 0.4) is 0 Å². The molecule has 0 saturated carbocycles. The summed E-state index contributed by atoms with van der Waals surface area (Å²) in [5.41, 5.74) is 0.800. The lowest BCUT2D eigenvalue weighted by atomic mass is 10.1. The third-order valence-corrected chi connectivity index (χ3v) is 6.67. The lowest BCUT2D eigenvalue weighted by Gasteiger charge is -2.29. The molecule has 5 nitrogen and oxygen atoms in total. The lowest BCUT2D eigenvalue weighted by molar-refractivity contribution is -0.138. The van der Waals surface area contributed by atoms with Gasteiger partial charge in [0.2, 0.25) is 10.0 Å². The number of aliphatic carboxylic acids is 1. The summed E-state index contributed by atoms with van der Waals surface area (Å²) >= 11 is 1.47. The normalized spacial score (nSPS) is 12.3. The Bertz CT molecular complexity index is 1120. The molecule has 0 bridgehead atoms. The van der Waals surface area contributed by atoms with Crippen LogP contribution in [0.15, 0.2) is 88.7 Å². The van der Waals surface area contributed by atoms with Gasteiger partial charge in [-0.3, -0.25) is 4.31 Å². The lowest BCUT2D eigenvalue weighted by Crippen LogP contribution is -2.46.